The Morgan fingerprint density at radius 3 is 2.76 bits per heavy atom. The van der Waals surface area contributed by atoms with Crippen LogP contribution < -0.4 is 5.32 Å². The summed E-state index contributed by atoms with van der Waals surface area (Å²) in [6.45, 7) is 0.689. The number of aryl methyl sites for hydroxylation is 1. The lowest BCUT2D eigenvalue weighted by Crippen LogP contribution is -2.29. The van der Waals surface area contributed by atoms with Gasteiger partial charge >= 0.3 is 5.97 Å². The number of carboxylic acids is 1. The average molecular weight is 289 g/mol. The number of hydrogen-bond acceptors (Lipinski definition) is 2. The number of amides is 1. The predicted molar refractivity (Wildman–Crippen MR) is 81.2 cm³/mol. The zero-order chi connectivity index (χ0) is 15.1. The fourth-order valence-electron chi connectivity index (χ4n) is 2.95. The highest BCUT2D eigenvalue weighted by atomic mass is 16.4. The summed E-state index contributed by atoms with van der Waals surface area (Å²) in [4.78, 5) is 22.2. The fourth-order valence-corrected chi connectivity index (χ4v) is 2.95. The summed E-state index contributed by atoms with van der Waals surface area (Å²) in [6, 6.07) is 8.47. The molecule has 1 aliphatic rings. The highest BCUT2D eigenvalue weighted by Gasteiger charge is 2.19. The monoisotopic (exact) mass is 289 g/mol. The van der Waals surface area contributed by atoms with Gasteiger partial charge in [0.1, 0.15) is 0 Å². The summed E-state index contributed by atoms with van der Waals surface area (Å²) in [5.41, 5.74) is 2.78. The van der Waals surface area contributed by atoms with E-state index in [0.717, 1.165) is 12.8 Å². The van der Waals surface area contributed by atoms with Crippen LogP contribution in [0.4, 0.5) is 0 Å². The third-order valence-corrected chi connectivity index (χ3v) is 4.08. The second-order valence-electron chi connectivity index (χ2n) is 5.69. The minimum absolute atomic E-state index is 0.0310. The smallest absolute Gasteiger partial charge is 0.303 e. The van der Waals surface area contributed by atoms with E-state index < -0.39 is 5.97 Å². The van der Waals surface area contributed by atoms with Gasteiger partial charge in [0.05, 0.1) is 0 Å². The van der Waals surface area contributed by atoms with Crippen LogP contribution in [0.3, 0.4) is 0 Å². The van der Waals surface area contributed by atoms with Crippen LogP contribution in [0, 0.1) is 0 Å². The number of carbonyl (C=O) groups is 2. The van der Waals surface area contributed by atoms with Crippen molar-refractivity contribution >= 4 is 11.9 Å². The molecule has 2 rings (SSSR count). The molecule has 1 aromatic carbocycles. The van der Waals surface area contributed by atoms with E-state index in [9.17, 15) is 9.59 Å². The maximum absolute atomic E-state index is 11.8. The van der Waals surface area contributed by atoms with E-state index in [1.54, 1.807) is 0 Å². The fraction of sp³-hybridized carbons (Fsp3) is 0.529. The molecule has 0 radical (unpaired) electrons. The van der Waals surface area contributed by atoms with Crippen molar-refractivity contribution in [3.05, 3.63) is 35.4 Å². The number of unbranched alkanes of at least 4 members (excludes halogenated alkanes) is 1. The van der Waals surface area contributed by atoms with Gasteiger partial charge in [-0.25, -0.2) is 0 Å². The standard InChI is InChI=1S/C17H23NO3/c19-16(10-3-4-11-17(20)21)18-12-14-8-5-7-13-6-1-2-9-15(13)14/h1-2,6,9,14H,3-5,7-8,10-12H2,(H,18,19)(H,20,21). The minimum Gasteiger partial charge on any atom is -0.481 e. The molecule has 1 amide bonds. The number of hydrogen-bond donors (Lipinski definition) is 2. The first-order chi connectivity index (χ1) is 10.2. The van der Waals surface area contributed by atoms with Crippen LogP contribution in [0.15, 0.2) is 24.3 Å². The van der Waals surface area contributed by atoms with Gasteiger partial charge in [-0.15, -0.1) is 0 Å². The van der Waals surface area contributed by atoms with E-state index in [2.05, 4.69) is 29.6 Å². The second-order valence-corrected chi connectivity index (χ2v) is 5.69. The van der Waals surface area contributed by atoms with Crippen molar-refractivity contribution in [2.75, 3.05) is 6.54 Å². The van der Waals surface area contributed by atoms with Crippen molar-refractivity contribution < 1.29 is 14.7 Å². The highest BCUT2D eigenvalue weighted by molar-refractivity contribution is 5.76. The molecule has 0 aliphatic heterocycles. The van der Waals surface area contributed by atoms with Crippen molar-refractivity contribution in [3.8, 4) is 0 Å². The molecule has 0 heterocycles. The summed E-state index contributed by atoms with van der Waals surface area (Å²) in [5, 5.41) is 11.5. The molecule has 0 aromatic heterocycles. The summed E-state index contributed by atoms with van der Waals surface area (Å²) >= 11 is 0. The van der Waals surface area contributed by atoms with Crippen LogP contribution in [0.25, 0.3) is 0 Å². The van der Waals surface area contributed by atoms with Crippen molar-refractivity contribution in [2.24, 2.45) is 0 Å². The maximum atomic E-state index is 11.8. The lowest BCUT2D eigenvalue weighted by molar-refractivity contribution is -0.137. The van der Waals surface area contributed by atoms with Crippen molar-refractivity contribution in [1.82, 2.24) is 5.32 Å². The summed E-state index contributed by atoms with van der Waals surface area (Å²) in [7, 11) is 0. The lowest BCUT2D eigenvalue weighted by Gasteiger charge is -2.25. The van der Waals surface area contributed by atoms with Gasteiger partial charge < -0.3 is 10.4 Å². The number of aliphatic carboxylic acids is 1. The first-order valence-electron chi connectivity index (χ1n) is 7.73. The van der Waals surface area contributed by atoms with Gasteiger partial charge in [-0.05, 0) is 43.2 Å². The predicted octanol–water partition coefficient (Wildman–Crippen LogP) is 2.87. The third-order valence-electron chi connectivity index (χ3n) is 4.08. The van der Waals surface area contributed by atoms with Crippen molar-refractivity contribution in [3.63, 3.8) is 0 Å². The van der Waals surface area contributed by atoms with Crippen LogP contribution in [0.5, 0.6) is 0 Å². The molecule has 114 valence electrons. The number of nitrogens with one attached hydrogen (secondary N) is 1. The Balaban J connectivity index is 1.74. The zero-order valence-corrected chi connectivity index (χ0v) is 12.3. The normalized spacial score (nSPS) is 17.0. The van der Waals surface area contributed by atoms with Crippen molar-refractivity contribution in [1.29, 1.82) is 0 Å². The van der Waals surface area contributed by atoms with Gasteiger partial charge in [-0.2, -0.15) is 0 Å². The second kappa shape index (κ2) is 7.81. The Morgan fingerprint density at radius 1 is 1.19 bits per heavy atom. The van der Waals surface area contributed by atoms with E-state index in [-0.39, 0.29) is 12.3 Å². The molecular weight excluding hydrogens is 266 g/mol. The minimum atomic E-state index is -0.797. The Labute approximate surface area is 125 Å². The molecule has 1 atom stereocenters. The first kappa shape index (κ1) is 15.5. The maximum Gasteiger partial charge on any atom is 0.303 e. The molecule has 4 heteroatoms. The molecule has 0 spiro atoms. The lowest BCUT2D eigenvalue weighted by atomic mass is 9.83. The SMILES string of the molecule is O=C(O)CCCCC(=O)NCC1CCCc2ccccc21. The molecule has 1 aliphatic carbocycles. The molecule has 0 saturated carbocycles. The number of carbonyl (C=O) groups excluding carboxylic acids is 1. The Morgan fingerprint density at radius 2 is 1.95 bits per heavy atom. The molecular formula is C17H23NO3. The van der Waals surface area contributed by atoms with Gasteiger partial charge in [0.2, 0.25) is 5.91 Å². The van der Waals surface area contributed by atoms with E-state index in [1.807, 2.05) is 0 Å². The molecule has 1 aromatic rings. The number of fused-ring (bicyclic) bond motifs is 1. The first-order valence-corrected chi connectivity index (χ1v) is 7.73. The van der Waals surface area contributed by atoms with Crippen LogP contribution in [-0.2, 0) is 16.0 Å². The van der Waals surface area contributed by atoms with Gasteiger partial charge in [-0.3, -0.25) is 9.59 Å². The largest absolute Gasteiger partial charge is 0.481 e. The van der Waals surface area contributed by atoms with E-state index in [1.165, 1.54) is 17.5 Å². The molecule has 0 fully saturated rings. The third kappa shape index (κ3) is 4.88. The summed E-state index contributed by atoms with van der Waals surface area (Å²) < 4.78 is 0. The molecule has 2 N–H and O–H groups in total. The zero-order valence-electron chi connectivity index (χ0n) is 12.3. The van der Waals surface area contributed by atoms with Crippen molar-refractivity contribution in [2.45, 2.75) is 50.9 Å². The number of benzene rings is 1. The van der Waals surface area contributed by atoms with E-state index >= 15 is 0 Å². The topological polar surface area (TPSA) is 66.4 Å². The van der Waals surface area contributed by atoms with Gasteiger partial charge in [0.25, 0.3) is 0 Å². The van der Waals surface area contributed by atoms with Gasteiger partial charge in [-0.1, -0.05) is 24.3 Å². The Kier molecular flexibility index (Phi) is 5.78. The van der Waals surface area contributed by atoms with Crippen LogP contribution in [0.1, 0.15) is 55.6 Å². The van der Waals surface area contributed by atoms with E-state index in [4.69, 9.17) is 5.11 Å². The van der Waals surface area contributed by atoms with E-state index in [0.29, 0.717) is 31.7 Å². The van der Waals surface area contributed by atoms with Crippen LogP contribution in [0.2, 0.25) is 0 Å². The molecule has 1 unspecified atom stereocenters. The average Bonchev–Trinajstić information content (AvgIpc) is 2.49. The number of rotatable bonds is 7. The quantitative estimate of drug-likeness (QED) is 0.758. The highest BCUT2D eigenvalue weighted by Crippen LogP contribution is 2.30. The van der Waals surface area contributed by atoms with Gasteiger partial charge in [0.15, 0.2) is 0 Å². The van der Waals surface area contributed by atoms with Crippen LogP contribution >= 0.6 is 0 Å². The molecule has 0 saturated heterocycles. The Hall–Kier alpha value is -1.84. The van der Waals surface area contributed by atoms with Gasteiger partial charge in [0, 0.05) is 25.3 Å². The molecule has 21 heavy (non-hydrogen) atoms. The molecule has 0 bridgehead atoms. The number of carboxylic acid groups (broad SMARTS) is 1. The van der Waals surface area contributed by atoms with Crippen LogP contribution in [-0.4, -0.2) is 23.5 Å². The summed E-state index contributed by atoms with van der Waals surface area (Å²) in [6.07, 6.45) is 5.20. The molecule has 4 nitrogen and oxygen atoms in total. The summed E-state index contributed by atoms with van der Waals surface area (Å²) in [5.74, 6) is -0.351. The Bertz CT molecular complexity index is 499.